The van der Waals surface area contributed by atoms with E-state index < -0.39 is 0 Å². The van der Waals surface area contributed by atoms with Crippen molar-refractivity contribution in [1.29, 1.82) is 0 Å². The van der Waals surface area contributed by atoms with E-state index in [1.807, 2.05) is 19.1 Å². The quantitative estimate of drug-likeness (QED) is 0.613. The first-order chi connectivity index (χ1) is 6.85. The molecule has 0 heterocycles. The van der Waals surface area contributed by atoms with Crippen LogP contribution in [0.15, 0.2) is 36.0 Å². The van der Waals surface area contributed by atoms with Crippen LogP contribution in [0.5, 0.6) is 0 Å². The molecular formula is C12H20O2. The van der Waals surface area contributed by atoms with Gasteiger partial charge >= 0.3 is 0 Å². The van der Waals surface area contributed by atoms with Crippen molar-refractivity contribution >= 4 is 0 Å². The van der Waals surface area contributed by atoms with Gasteiger partial charge in [0.1, 0.15) is 0 Å². The van der Waals surface area contributed by atoms with Crippen LogP contribution in [-0.4, -0.2) is 23.4 Å². The zero-order valence-electron chi connectivity index (χ0n) is 8.82. The molecule has 0 amide bonds. The van der Waals surface area contributed by atoms with Gasteiger partial charge in [-0.1, -0.05) is 36.0 Å². The molecule has 0 aliphatic carbocycles. The minimum Gasteiger partial charge on any atom is -0.392 e. The summed E-state index contributed by atoms with van der Waals surface area (Å²) in [5.74, 6) is 0. The van der Waals surface area contributed by atoms with Gasteiger partial charge in [0.2, 0.25) is 0 Å². The fourth-order valence-electron chi connectivity index (χ4n) is 1.13. The van der Waals surface area contributed by atoms with Crippen molar-refractivity contribution in [2.75, 3.05) is 13.2 Å². The van der Waals surface area contributed by atoms with Crippen LogP contribution in [0.1, 0.15) is 26.2 Å². The summed E-state index contributed by atoms with van der Waals surface area (Å²) in [6.07, 6.45) is 12.5. The van der Waals surface area contributed by atoms with Crippen molar-refractivity contribution in [3.63, 3.8) is 0 Å². The molecule has 0 unspecified atom stereocenters. The van der Waals surface area contributed by atoms with Gasteiger partial charge in [-0.3, -0.25) is 0 Å². The average molecular weight is 196 g/mol. The highest BCUT2D eigenvalue weighted by Gasteiger charge is 1.91. The van der Waals surface area contributed by atoms with Gasteiger partial charge < -0.3 is 10.2 Å². The Labute approximate surface area is 86.3 Å². The Kier molecular flexibility index (Phi) is 9.59. The molecule has 2 nitrogen and oxygen atoms in total. The van der Waals surface area contributed by atoms with Crippen LogP contribution in [-0.2, 0) is 0 Å². The van der Waals surface area contributed by atoms with Crippen LogP contribution in [0.4, 0.5) is 0 Å². The van der Waals surface area contributed by atoms with Gasteiger partial charge in [-0.15, -0.1) is 0 Å². The van der Waals surface area contributed by atoms with E-state index in [9.17, 15) is 0 Å². The highest BCUT2D eigenvalue weighted by atomic mass is 16.3. The Morgan fingerprint density at radius 2 is 1.64 bits per heavy atom. The van der Waals surface area contributed by atoms with E-state index in [4.69, 9.17) is 10.2 Å². The van der Waals surface area contributed by atoms with Crippen molar-refractivity contribution < 1.29 is 10.2 Å². The molecule has 0 radical (unpaired) electrons. The van der Waals surface area contributed by atoms with Gasteiger partial charge in [-0.25, -0.2) is 0 Å². The van der Waals surface area contributed by atoms with E-state index in [0.29, 0.717) is 0 Å². The molecule has 0 aliphatic rings. The van der Waals surface area contributed by atoms with Gasteiger partial charge in [0.25, 0.3) is 0 Å². The molecule has 0 atom stereocenters. The largest absolute Gasteiger partial charge is 0.392 e. The molecule has 2 N–H and O–H groups in total. The Morgan fingerprint density at radius 1 is 1.00 bits per heavy atom. The van der Waals surface area contributed by atoms with Gasteiger partial charge in [0.05, 0.1) is 13.2 Å². The second-order valence-corrected chi connectivity index (χ2v) is 3.00. The highest BCUT2D eigenvalue weighted by Crippen LogP contribution is 2.10. The minimum absolute atomic E-state index is 0.113. The Balaban J connectivity index is 3.70. The van der Waals surface area contributed by atoms with E-state index in [0.717, 1.165) is 19.3 Å². The topological polar surface area (TPSA) is 40.5 Å². The SMILES string of the molecule is C/C=C(/C/C=C\CO)CC/C=C/CO. The lowest BCUT2D eigenvalue weighted by molar-refractivity contribution is 0.342. The molecule has 0 spiro atoms. The summed E-state index contributed by atoms with van der Waals surface area (Å²) < 4.78 is 0. The zero-order valence-corrected chi connectivity index (χ0v) is 8.82. The van der Waals surface area contributed by atoms with Crippen LogP contribution in [0.2, 0.25) is 0 Å². The third kappa shape index (κ3) is 7.77. The van der Waals surface area contributed by atoms with E-state index in [1.165, 1.54) is 5.57 Å². The molecule has 2 heteroatoms. The van der Waals surface area contributed by atoms with Crippen molar-refractivity contribution in [2.45, 2.75) is 26.2 Å². The lowest BCUT2D eigenvalue weighted by Gasteiger charge is -2.00. The predicted octanol–water partition coefficient (Wildman–Crippen LogP) is 2.20. The summed E-state index contributed by atoms with van der Waals surface area (Å²) in [5.41, 5.74) is 1.36. The van der Waals surface area contributed by atoms with E-state index in [1.54, 1.807) is 12.2 Å². The maximum absolute atomic E-state index is 8.55. The normalized spacial score (nSPS) is 13.2. The molecule has 0 saturated heterocycles. The fourth-order valence-corrected chi connectivity index (χ4v) is 1.13. The molecule has 0 rings (SSSR count). The maximum atomic E-state index is 8.55. The third-order valence-electron chi connectivity index (χ3n) is 1.96. The summed E-state index contributed by atoms with van der Waals surface area (Å²) in [6.45, 7) is 2.26. The molecule has 0 aliphatic heterocycles. The van der Waals surface area contributed by atoms with Crippen molar-refractivity contribution in [2.24, 2.45) is 0 Å². The van der Waals surface area contributed by atoms with Crippen molar-refractivity contribution in [1.82, 2.24) is 0 Å². The molecule has 0 aromatic carbocycles. The zero-order chi connectivity index (χ0) is 10.6. The number of hydrogen-bond acceptors (Lipinski definition) is 2. The summed E-state index contributed by atoms with van der Waals surface area (Å²) in [6, 6.07) is 0. The predicted molar refractivity (Wildman–Crippen MR) is 60.1 cm³/mol. The number of hydrogen-bond donors (Lipinski definition) is 2. The highest BCUT2D eigenvalue weighted by molar-refractivity contribution is 5.07. The monoisotopic (exact) mass is 196 g/mol. The van der Waals surface area contributed by atoms with Crippen LogP contribution in [0.25, 0.3) is 0 Å². The van der Waals surface area contributed by atoms with Crippen molar-refractivity contribution in [3.05, 3.63) is 36.0 Å². The van der Waals surface area contributed by atoms with Crippen molar-refractivity contribution in [3.8, 4) is 0 Å². The minimum atomic E-state index is 0.113. The molecule has 0 saturated carbocycles. The average Bonchev–Trinajstić information content (AvgIpc) is 2.22. The lowest BCUT2D eigenvalue weighted by atomic mass is 10.1. The first-order valence-corrected chi connectivity index (χ1v) is 5.01. The number of aliphatic hydroxyl groups is 2. The Bertz CT molecular complexity index is 202. The lowest BCUT2D eigenvalue weighted by Crippen LogP contribution is -1.82. The molecule has 80 valence electrons. The second-order valence-electron chi connectivity index (χ2n) is 3.00. The number of allylic oxidation sites excluding steroid dienone is 4. The second kappa shape index (κ2) is 10.2. The molecular weight excluding hydrogens is 176 g/mol. The standard InChI is InChI=1S/C12H20O2/c1-2-12(9-5-7-11-14)8-4-3-6-10-13/h2-3,5-7,13-14H,4,8-11H2,1H3/b6-3+,7-5-,12-2+. The van der Waals surface area contributed by atoms with Crippen LogP contribution < -0.4 is 0 Å². The van der Waals surface area contributed by atoms with Gasteiger partial charge in [0.15, 0.2) is 0 Å². The van der Waals surface area contributed by atoms with Gasteiger partial charge in [-0.05, 0) is 26.2 Å². The Hall–Kier alpha value is -0.860. The molecule has 14 heavy (non-hydrogen) atoms. The first-order valence-electron chi connectivity index (χ1n) is 5.01. The fraction of sp³-hybridized carbons (Fsp3) is 0.500. The first kappa shape index (κ1) is 13.1. The molecule has 0 fully saturated rings. The van der Waals surface area contributed by atoms with Gasteiger partial charge in [0, 0.05) is 0 Å². The summed E-state index contributed by atoms with van der Waals surface area (Å²) in [4.78, 5) is 0. The van der Waals surface area contributed by atoms with Crippen LogP contribution >= 0.6 is 0 Å². The molecule has 0 bridgehead atoms. The summed E-state index contributed by atoms with van der Waals surface area (Å²) in [5, 5.41) is 17.1. The third-order valence-corrected chi connectivity index (χ3v) is 1.96. The summed E-state index contributed by atoms with van der Waals surface area (Å²) >= 11 is 0. The van der Waals surface area contributed by atoms with E-state index in [-0.39, 0.29) is 13.2 Å². The van der Waals surface area contributed by atoms with Gasteiger partial charge in [-0.2, -0.15) is 0 Å². The smallest absolute Gasteiger partial charge is 0.0612 e. The summed E-state index contributed by atoms with van der Waals surface area (Å²) in [7, 11) is 0. The number of aliphatic hydroxyl groups excluding tert-OH is 2. The van der Waals surface area contributed by atoms with Crippen LogP contribution in [0.3, 0.4) is 0 Å². The Morgan fingerprint density at radius 3 is 2.21 bits per heavy atom. The van der Waals surface area contributed by atoms with E-state index in [2.05, 4.69) is 6.08 Å². The molecule has 0 aromatic heterocycles. The van der Waals surface area contributed by atoms with E-state index >= 15 is 0 Å². The maximum Gasteiger partial charge on any atom is 0.0612 e. The molecule has 0 aromatic rings. The van der Waals surface area contributed by atoms with Crippen LogP contribution in [0, 0.1) is 0 Å². The number of rotatable bonds is 7.